The second kappa shape index (κ2) is 11.3. The van der Waals surface area contributed by atoms with E-state index in [1.807, 2.05) is 6.92 Å². The molecule has 0 radical (unpaired) electrons. The van der Waals surface area contributed by atoms with Crippen LogP contribution in [0.5, 0.6) is 5.75 Å². The van der Waals surface area contributed by atoms with Crippen molar-refractivity contribution in [2.24, 2.45) is 0 Å². The zero-order valence-electron chi connectivity index (χ0n) is 17.4. The summed E-state index contributed by atoms with van der Waals surface area (Å²) in [6, 6.07) is 20.5. The number of carbonyl (C=O) groups excluding carboxylic acids is 2. The van der Waals surface area contributed by atoms with Crippen LogP contribution in [0.4, 0.5) is 11.4 Å². The van der Waals surface area contributed by atoms with E-state index in [0.29, 0.717) is 39.9 Å². The number of anilines is 2. The fourth-order valence-corrected chi connectivity index (χ4v) is 3.17. The average molecular weight is 468 g/mol. The Balaban J connectivity index is 1.58. The second-order valence-corrected chi connectivity index (χ2v) is 7.67. The van der Waals surface area contributed by atoms with E-state index in [-0.39, 0.29) is 16.9 Å². The van der Waals surface area contributed by atoms with Gasteiger partial charge in [-0.2, -0.15) is 0 Å². The van der Waals surface area contributed by atoms with Crippen LogP contribution < -0.4 is 20.7 Å². The molecule has 0 saturated carbocycles. The molecule has 0 spiro atoms. The number of hydrogen-bond acceptors (Lipinski definition) is 4. The van der Waals surface area contributed by atoms with Crippen molar-refractivity contribution in [3.05, 3.63) is 88.9 Å². The van der Waals surface area contributed by atoms with Crippen LogP contribution in [0.15, 0.2) is 72.8 Å². The van der Waals surface area contributed by atoms with Crippen molar-refractivity contribution in [2.45, 2.75) is 13.3 Å². The summed E-state index contributed by atoms with van der Waals surface area (Å²) in [5.41, 5.74) is 2.03. The van der Waals surface area contributed by atoms with Gasteiger partial charge < -0.3 is 15.4 Å². The molecule has 3 aromatic carbocycles. The summed E-state index contributed by atoms with van der Waals surface area (Å²) >= 11 is 11.2. The third kappa shape index (κ3) is 6.80. The van der Waals surface area contributed by atoms with E-state index in [0.717, 1.165) is 6.42 Å². The molecule has 0 heterocycles. The van der Waals surface area contributed by atoms with Gasteiger partial charge in [0.2, 0.25) is 0 Å². The highest BCUT2D eigenvalue weighted by molar-refractivity contribution is 7.80. The van der Waals surface area contributed by atoms with Gasteiger partial charge >= 0.3 is 0 Å². The van der Waals surface area contributed by atoms with Gasteiger partial charge in [0.1, 0.15) is 5.75 Å². The summed E-state index contributed by atoms with van der Waals surface area (Å²) < 4.78 is 5.51. The predicted molar refractivity (Wildman–Crippen MR) is 132 cm³/mol. The zero-order valence-corrected chi connectivity index (χ0v) is 18.9. The molecule has 32 heavy (non-hydrogen) atoms. The van der Waals surface area contributed by atoms with Crippen LogP contribution in [0.25, 0.3) is 0 Å². The fraction of sp³-hybridized carbons (Fsp3) is 0.125. The lowest BCUT2D eigenvalue weighted by Crippen LogP contribution is -2.34. The maximum atomic E-state index is 12.5. The highest BCUT2D eigenvalue weighted by atomic mass is 35.5. The molecule has 0 bridgehead atoms. The van der Waals surface area contributed by atoms with Gasteiger partial charge in [0.15, 0.2) is 5.11 Å². The lowest BCUT2D eigenvalue weighted by Gasteiger charge is -2.11. The molecule has 2 amide bonds. The molecule has 0 saturated heterocycles. The van der Waals surface area contributed by atoms with Gasteiger partial charge in [-0.3, -0.25) is 14.9 Å². The summed E-state index contributed by atoms with van der Waals surface area (Å²) in [4.78, 5) is 24.9. The molecule has 0 aliphatic carbocycles. The Bertz CT molecular complexity index is 1120. The van der Waals surface area contributed by atoms with E-state index in [2.05, 4.69) is 16.0 Å². The topological polar surface area (TPSA) is 79.5 Å². The fourth-order valence-electron chi connectivity index (χ4n) is 2.77. The highest BCUT2D eigenvalue weighted by Gasteiger charge is 2.11. The monoisotopic (exact) mass is 467 g/mol. The van der Waals surface area contributed by atoms with Crippen LogP contribution in [-0.2, 0) is 0 Å². The maximum absolute atomic E-state index is 12.5. The van der Waals surface area contributed by atoms with Gasteiger partial charge in [-0.05, 0) is 79.3 Å². The van der Waals surface area contributed by atoms with Crippen LogP contribution in [0.3, 0.4) is 0 Å². The molecular weight excluding hydrogens is 446 g/mol. The van der Waals surface area contributed by atoms with Gasteiger partial charge in [0.25, 0.3) is 11.8 Å². The molecule has 0 atom stereocenters. The molecule has 3 N–H and O–H groups in total. The Morgan fingerprint density at radius 2 is 1.56 bits per heavy atom. The summed E-state index contributed by atoms with van der Waals surface area (Å²) in [7, 11) is 0. The zero-order chi connectivity index (χ0) is 22.9. The minimum atomic E-state index is -0.348. The summed E-state index contributed by atoms with van der Waals surface area (Å²) in [5, 5.41) is 8.99. The molecule has 0 aliphatic rings. The predicted octanol–water partition coefficient (Wildman–Crippen LogP) is 5.51. The SMILES string of the molecule is CCCOc1ccc(C(=O)NC(=S)Nc2cccc(C(=O)Nc3cccc(Cl)c3)c2)cc1. The first-order valence-corrected chi connectivity index (χ1v) is 10.8. The Morgan fingerprint density at radius 3 is 2.25 bits per heavy atom. The number of ether oxygens (including phenoxy) is 1. The molecule has 3 aromatic rings. The van der Waals surface area contributed by atoms with Crippen LogP contribution in [0.1, 0.15) is 34.1 Å². The molecule has 0 fully saturated rings. The van der Waals surface area contributed by atoms with E-state index >= 15 is 0 Å². The smallest absolute Gasteiger partial charge is 0.257 e. The number of halogens is 1. The van der Waals surface area contributed by atoms with Crippen LogP contribution in [0, 0.1) is 0 Å². The van der Waals surface area contributed by atoms with Crippen LogP contribution in [-0.4, -0.2) is 23.5 Å². The first-order valence-electron chi connectivity index (χ1n) is 9.97. The molecule has 8 heteroatoms. The van der Waals surface area contributed by atoms with E-state index in [1.165, 1.54) is 0 Å². The number of nitrogens with one attached hydrogen (secondary N) is 3. The van der Waals surface area contributed by atoms with Gasteiger partial charge in [-0.25, -0.2) is 0 Å². The van der Waals surface area contributed by atoms with Crippen molar-refractivity contribution < 1.29 is 14.3 Å². The number of amides is 2. The van der Waals surface area contributed by atoms with Gasteiger partial charge in [-0.1, -0.05) is 30.7 Å². The molecule has 0 unspecified atom stereocenters. The van der Waals surface area contributed by atoms with E-state index in [9.17, 15) is 9.59 Å². The number of thiocarbonyl (C=S) groups is 1. The summed E-state index contributed by atoms with van der Waals surface area (Å²) in [6.45, 7) is 2.65. The lowest BCUT2D eigenvalue weighted by molar-refractivity contribution is 0.0976. The van der Waals surface area contributed by atoms with Gasteiger partial charge in [0.05, 0.1) is 6.61 Å². The van der Waals surface area contributed by atoms with Crippen molar-refractivity contribution in [3.8, 4) is 5.75 Å². The van der Waals surface area contributed by atoms with Crippen molar-refractivity contribution >= 4 is 52.1 Å². The maximum Gasteiger partial charge on any atom is 0.257 e. The van der Waals surface area contributed by atoms with Crippen molar-refractivity contribution in [2.75, 3.05) is 17.2 Å². The first kappa shape index (κ1) is 23.2. The van der Waals surface area contributed by atoms with Crippen LogP contribution in [0.2, 0.25) is 5.02 Å². The Hall–Kier alpha value is -3.42. The van der Waals surface area contributed by atoms with E-state index in [4.69, 9.17) is 28.6 Å². The Morgan fingerprint density at radius 1 is 0.875 bits per heavy atom. The van der Waals surface area contributed by atoms with Crippen molar-refractivity contribution in [3.63, 3.8) is 0 Å². The van der Waals surface area contributed by atoms with Crippen molar-refractivity contribution in [1.29, 1.82) is 0 Å². The minimum Gasteiger partial charge on any atom is -0.494 e. The highest BCUT2D eigenvalue weighted by Crippen LogP contribution is 2.17. The minimum absolute atomic E-state index is 0.119. The number of benzene rings is 3. The molecule has 0 aliphatic heterocycles. The first-order chi connectivity index (χ1) is 15.4. The molecule has 0 aromatic heterocycles. The molecule has 6 nitrogen and oxygen atoms in total. The standard InChI is InChI=1S/C24H22ClN3O3S/c1-2-13-31-21-11-9-16(10-12-21)22(29)28-24(32)27-19-7-3-5-17(14-19)23(30)26-20-8-4-6-18(25)15-20/h3-12,14-15H,2,13H2,1H3,(H,26,30)(H2,27,28,29,32). The van der Waals surface area contributed by atoms with Crippen molar-refractivity contribution in [1.82, 2.24) is 5.32 Å². The normalized spacial score (nSPS) is 10.2. The quantitative estimate of drug-likeness (QED) is 0.399. The third-order valence-electron chi connectivity index (χ3n) is 4.28. The van der Waals surface area contributed by atoms with Gasteiger partial charge in [0, 0.05) is 27.5 Å². The summed E-state index contributed by atoms with van der Waals surface area (Å²) in [6.07, 6.45) is 0.908. The summed E-state index contributed by atoms with van der Waals surface area (Å²) in [5.74, 6) is 0.0626. The van der Waals surface area contributed by atoms with E-state index in [1.54, 1.807) is 72.8 Å². The van der Waals surface area contributed by atoms with Gasteiger partial charge in [-0.15, -0.1) is 0 Å². The van der Waals surface area contributed by atoms with E-state index < -0.39 is 0 Å². The Labute approximate surface area is 196 Å². The number of carbonyl (C=O) groups is 2. The Kier molecular flexibility index (Phi) is 8.19. The third-order valence-corrected chi connectivity index (χ3v) is 4.72. The molecular formula is C24H22ClN3O3S. The molecule has 3 rings (SSSR count). The largest absolute Gasteiger partial charge is 0.494 e. The lowest BCUT2D eigenvalue weighted by atomic mass is 10.2. The van der Waals surface area contributed by atoms with Crippen LogP contribution >= 0.6 is 23.8 Å². The molecule has 164 valence electrons. The number of hydrogen-bond donors (Lipinski definition) is 3. The number of rotatable bonds is 7. The average Bonchev–Trinajstić information content (AvgIpc) is 2.78. The second-order valence-electron chi connectivity index (χ2n) is 6.83.